The van der Waals surface area contributed by atoms with Gasteiger partial charge in [0, 0.05) is 55.2 Å². The van der Waals surface area contributed by atoms with Gasteiger partial charge < -0.3 is 15.8 Å². The Balaban J connectivity index is 1.41. The van der Waals surface area contributed by atoms with Crippen LogP contribution in [0.15, 0.2) is 67.0 Å². The number of rotatable bonds is 8. The van der Waals surface area contributed by atoms with E-state index >= 15 is 0 Å². The summed E-state index contributed by atoms with van der Waals surface area (Å²) in [5.41, 5.74) is 12.4. The third kappa shape index (κ3) is 5.01. The fraction of sp³-hybridized carbons (Fsp3) is 0.290. The van der Waals surface area contributed by atoms with Crippen LogP contribution in [0, 0.1) is 0 Å². The molecule has 0 radical (unpaired) electrons. The van der Waals surface area contributed by atoms with Gasteiger partial charge in [-0.3, -0.25) is 14.7 Å². The van der Waals surface area contributed by atoms with E-state index in [-0.39, 0.29) is 5.92 Å². The van der Waals surface area contributed by atoms with Gasteiger partial charge in [-0.2, -0.15) is 5.10 Å². The molecule has 1 aliphatic rings. The molecule has 9 nitrogen and oxygen atoms in total. The number of primary amides is 1. The van der Waals surface area contributed by atoms with Crippen LogP contribution in [0.1, 0.15) is 35.8 Å². The number of pyridine rings is 2. The topological polar surface area (TPSA) is 111 Å². The smallest absolute Gasteiger partial charge is 0.250 e. The number of morpholine rings is 1. The maximum atomic E-state index is 12.2. The van der Waals surface area contributed by atoms with Crippen molar-refractivity contribution in [1.82, 2.24) is 24.6 Å². The van der Waals surface area contributed by atoms with Gasteiger partial charge in [0.2, 0.25) is 0 Å². The van der Waals surface area contributed by atoms with Gasteiger partial charge in [0.15, 0.2) is 5.65 Å². The average molecular weight is 536 g/mol. The monoisotopic (exact) mass is 535 g/mol. The van der Waals surface area contributed by atoms with Gasteiger partial charge in [-0.1, -0.05) is 32.0 Å². The molecule has 0 spiro atoms. The number of aromatic nitrogens is 4. The zero-order valence-electron chi connectivity index (χ0n) is 22.8. The number of nitrogens with two attached hydrogens (primary N) is 1. The van der Waals surface area contributed by atoms with Crippen molar-refractivity contribution in [3.8, 4) is 16.8 Å². The molecule has 4 heterocycles. The largest absolute Gasteiger partial charge is 0.383 e. The minimum atomic E-state index is -0.474. The Morgan fingerprint density at radius 3 is 2.70 bits per heavy atom. The second-order valence-corrected chi connectivity index (χ2v) is 10.4. The van der Waals surface area contributed by atoms with Crippen molar-refractivity contribution in [3.63, 3.8) is 0 Å². The van der Waals surface area contributed by atoms with Gasteiger partial charge in [0.1, 0.15) is 0 Å². The van der Waals surface area contributed by atoms with Gasteiger partial charge in [-0.05, 0) is 47.9 Å². The molecule has 2 aromatic carbocycles. The number of hydrogen-bond donors (Lipinski definition) is 2. The number of benzene rings is 2. The highest BCUT2D eigenvalue weighted by molar-refractivity contribution is 6.00. The van der Waals surface area contributed by atoms with Crippen LogP contribution in [0.25, 0.3) is 38.8 Å². The molecular formula is C31H33N7O2. The van der Waals surface area contributed by atoms with Gasteiger partial charge >= 0.3 is 0 Å². The van der Waals surface area contributed by atoms with Crippen molar-refractivity contribution >= 4 is 33.5 Å². The van der Waals surface area contributed by atoms with Crippen LogP contribution < -0.4 is 11.1 Å². The van der Waals surface area contributed by atoms with Crippen molar-refractivity contribution in [2.24, 2.45) is 5.73 Å². The van der Waals surface area contributed by atoms with E-state index in [1.807, 2.05) is 53.5 Å². The molecule has 1 fully saturated rings. The van der Waals surface area contributed by atoms with Crippen LogP contribution in [0.4, 0.5) is 5.69 Å². The minimum absolute atomic E-state index is 0.163. The molecular weight excluding hydrogens is 502 g/mol. The minimum Gasteiger partial charge on any atom is -0.383 e. The summed E-state index contributed by atoms with van der Waals surface area (Å²) in [5, 5.41) is 10.6. The van der Waals surface area contributed by atoms with Crippen LogP contribution in [-0.2, 0) is 4.74 Å². The predicted molar refractivity (Wildman–Crippen MR) is 158 cm³/mol. The molecule has 1 saturated heterocycles. The lowest BCUT2D eigenvalue weighted by molar-refractivity contribution is 0.0398. The fourth-order valence-corrected chi connectivity index (χ4v) is 5.31. The maximum absolute atomic E-state index is 12.2. The second kappa shape index (κ2) is 11.0. The third-order valence-corrected chi connectivity index (χ3v) is 7.40. The summed E-state index contributed by atoms with van der Waals surface area (Å²) in [6.07, 6.45) is 3.73. The number of para-hydroxylation sites is 1. The molecule has 204 valence electrons. The number of nitrogens with zero attached hydrogens (tertiary/aromatic N) is 5. The number of carbonyl (C=O) groups is 1. The molecule has 0 atom stereocenters. The Morgan fingerprint density at radius 1 is 1.07 bits per heavy atom. The van der Waals surface area contributed by atoms with E-state index in [0.29, 0.717) is 17.8 Å². The lowest BCUT2D eigenvalue weighted by Crippen LogP contribution is -2.39. The maximum Gasteiger partial charge on any atom is 0.250 e. The highest BCUT2D eigenvalue weighted by Crippen LogP contribution is 2.35. The fourth-order valence-electron chi connectivity index (χ4n) is 5.31. The molecule has 1 amide bonds. The number of carbonyl (C=O) groups excluding carboxylic acids is 1. The van der Waals surface area contributed by atoms with Gasteiger partial charge in [-0.25, -0.2) is 9.67 Å². The molecule has 9 heteroatoms. The summed E-state index contributed by atoms with van der Waals surface area (Å²) in [6, 6.07) is 17.9. The van der Waals surface area contributed by atoms with Crippen molar-refractivity contribution < 1.29 is 9.53 Å². The van der Waals surface area contributed by atoms with Crippen molar-refractivity contribution in [2.75, 3.05) is 44.7 Å². The van der Waals surface area contributed by atoms with Crippen molar-refractivity contribution in [2.45, 2.75) is 19.8 Å². The van der Waals surface area contributed by atoms with Crippen LogP contribution in [0.2, 0.25) is 0 Å². The summed E-state index contributed by atoms with van der Waals surface area (Å²) in [5.74, 6) is -0.311. The van der Waals surface area contributed by atoms with Crippen molar-refractivity contribution in [3.05, 3.63) is 78.2 Å². The van der Waals surface area contributed by atoms with Crippen LogP contribution >= 0.6 is 0 Å². The zero-order valence-corrected chi connectivity index (χ0v) is 22.8. The number of fused-ring (bicyclic) bond motifs is 2. The third-order valence-electron chi connectivity index (χ3n) is 7.40. The van der Waals surface area contributed by atoms with E-state index in [0.717, 1.165) is 77.3 Å². The summed E-state index contributed by atoms with van der Waals surface area (Å²) in [7, 11) is 0. The Kier molecular flexibility index (Phi) is 7.15. The number of anilines is 1. The van der Waals surface area contributed by atoms with Crippen molar-refractivity contribution in [1.29, 1.82) is 0 Å². The summed E-state index contributed by atoms with van der Waals surface area (Å²) in [4.78, 5) is 24.1. The molecule has 1 aliphatic heterocycles. The van der Waals surface area contributed by atoms with Crippen LogP contribution in [0.3, 0.4) is 0 Å². The van der Waals surface area contributed by atoms with Crippen LogP contribution in [0.5, 0.6) is 0 Å². The first-order valence-electron chi connectivity index (χ1n) is 13.7. The highest BCUT2D eigenvalue weighted by Gasteiger charge is 2.21. The quantitative estimate of drug-likeness (QED) is 0.299. The predicted octanol–water partition coefficient (Wildman–Crippen LogP) is 4.60. The summed E-state index contributed by atoms with van der Waals surface area (Å²) in [6.45, 7) is 9.10. The van der Waals surface area contributed by atoms with Gasteiger partial charge in [0.25, 0.3) is 5.91 Å². The average Bonchev–Trinajstić information content (AvgIpc) is 3.38. The lowest BCUT2D eigenvalue weighted by Gasteiger charge is -2.26. The molecule has 3 N–H and O–H groups in total. The molecule has 6 rings (SSSR count). The molecule has 0 saturated carbocycles. The van der Waals surface area contributed by atoms with E-state index in [1.165, 1.54) is 0 Å². The van der Waals surface area contributed by atoms with E-state index in [1.54, 1.807) is 6.07 Å². The molecule has 0 bridgehead atoms. The highest BCUT2D eigenvalue weighted by atomic mass is 16.5. The summed E-state index contributed by atoms with van der Waals surface area (Å²) < 4.78 is 7.31. The van der Waals surface area contributed by atoms with Crippen LogP contribution in [-0.4, -0.2) is 69.9 Å². The Morgan fingerprint density at radius 2 is 1.90 bits per heavy atom. The lowest BCUT2D eigenvalue weighted by atomic mass is 9.98. The Labute approximate surface area is 233 Å². The number of ether oxygens (including phenoxy) is 1. The van der Waals surface area contributed by atoms with E-state index in [4.69, 9.17) is 25.5 Å². The second-order valence-electron chi connectivity index (χ2n) is 10.4. The van der Waals surface area contributed by atoms with E-state index in [9.17, 15) is 4.79 Å². The SMILES string of the molecule is CC(C)c1nn(-c2ccc(C(N)=O)c(NCCN3CCOCC3)c2)c2nccc(-c3cnc4ccccc4c3)c12. The van der Waals surface area contributed by atoms with E-state index in [2.05, 4.69) is 36.2 Å². The molecule has 0 unspecified atom stereocenters. The first-order valence-corrected chi connectivity index (χ1v) is 13.7. The number of hydrogen-bond acceptors (Lipinski definition) is 7. The molecule has 40 heavy (non-hydrogen) atoms. The standard InChI is InChI=1S/C31H33N7O2/c1-20(2)29-28-24(22-17-21-5-3-4-6-26(21)35-19-22)9-10-34-31(28)38(36-29)23-7-8-25(30(32)39)27(18-23)33-11-12-37-13-15-40-16-14-37/h3-10,17-20,33H,11-16H2,1-2H3,(H2,32,39). The molecule has 3 aromatic heterocycles. The summed E-state index contributed by atoms with van der Waals surface area (Å²) >= 11 is 0. The number of nitrogens with one attached hydrogen (secondary N) is 1. The van der Waals surface area contributed by atoms with Gasteiger partial charge in [-0.15, -0.1) is 0 Å². The first kappa shape index (κ1) is 25.9. The van der Waals surface area contributed by atoms with Gasteiger partial charge in [0.05, 0.1) is 41.1 Å². The molecule has 5 aromatic rings. The normalized spacial score (nSPS) is 14.3. The van der Waals surface area contributed by atoms with E-state index < -0.39 is 5.91 Å². The zero-order chi connectivity index (χ0) is 27.6. The Hall–Kier alpha value is -4.34. The molecule has 0 aliphatic carbocycles. The Bertz CT molecular complexity index is 1690. The first-order chi connectivity index (χ1) is 19.5. The number of amides is 1.